The zero-order valence-corrected chi connectivity index (χ0v) is 7.04. The highest BCUT2D eigenvalue weighted by Crippen LogP contribution is 2.24. The van der Waals surface area contributed by atoms with Gasteiger partial charge in [-0.25, -0.2) is 13.8 Å². The smallest absolute Gasteiger partial charge is 0.282 e. The minimum atomic E-state index is -2.82. The van der Waals surface area contributed by atoms with E-state index in [-0.39, 0.29) is 16.9 Å². The van der Waals surface area contributed by atoms with Crippen LogP contribution in [0.25, 0.3) is 0 Å². The normalized spacial score (nSPS) is 10.2. The summed E-state index contributed by atoms with van der Waals surface area (Å²) in [6, 6.07) is 2.74. The van der Waals surface area contributed by atoms with Crippen LogP contribution in [0, 0.1) is 11.3 Å². The van der Waals surface area contributed by atoms with Gasteiger partial charge in [0.15, 0.2) is 0 Å². The first-order valence-corrected chi connectivity index (χ1v) is 3.68. The summed E-state index contributed by atoms with van der Waals surface area (Å²) in [7, 11) is 0. The van der Waals surface area contributed by atoms with Crippen LogP contribution in [-0.4, -0.2) is 10.1 Å². The van der Waals surface area contributed by atoms with Crippen LogP contribution < -0.4 is 5.73 Å². The average Bonchev–Trinajstić information content (AvgIpc) is 2.16. The molecule has 3 N–H and O–H groups in total. The molecule has 1 heterocycles. The SMILES string of the molecule is N#Cc1nc(C(F)F)c(N)cc1CO. The lowest BCUT2D eigenvalue weighted by Gasteiger charge is -2.06. The molecule has 1 aromatic heterocycles. The number of pyridine rings is 1. The average molecular weight is 199 g/mol. The van der Waals surface area contributed by atoms with Crippen LogP contribution in [0.3, 0.4) is 0 Å². The topological polar surface area (TPSA) is 82.9 Å². The van der Waals surface area contributed by atoms with Gasteiger partial charge in [-0.2, -0.15) is 5.26 Å². The van der Waals surface area contributed by atoms with Crippen LogP contribution in [0.4, 0.5) is 14.5 Å². The summed E-state index contributed by atoms with van der Waals surface area (Å²) in [6.45, 7) is -0.455. The van der Waals surface area contributed by atoms with Crippen LogP contribution in [0.5, 0.6) is 0 Å². The number of anilines is 1. The number of aliphatic hydroxyl groups is 1. The van der Waals surface area contributed by atoms with Crippen molar-refractivity contribution in [1.29, 1.82) is 5.26 Å². The fourth-order valence-electron chi connectivity index (χ4n) is 0.979. The molecule has 0 bridgehead atoms. The molecule has 4 nitrogen and oxygen atoms in total. The first-order valence-electron chi connectivity index (χ1n) is 3.68. The summed E-state index contributed by atoms with van der Waals surface area (Å²) in [5.74, 6) is 0. The van der Waals surface area contributed by atoms with Gasteiger partial charge in [-0.05, 0) is 6.07 Å². The maximum Gasteiger partial charge on any atom is 0.282 e. The predicted octanol–water partition coefficient (Wildman–Crippen LogP) is 0.965. The van der Waals surface area contributed by atoms with Crippen LogP contribution in [-0.2, 0) is 6.61 Å². The van der Waals surface area contributed by atoms with Crippen molar-refractivity contribution in [2.75, 3.05) is 5.73 Å². The molecule has 0 atom stereocenters. The third kappa shape index (κ3) is 1.78. The Kier molecular flexibility index (Phi) is 2.94. The van der Waals surface area contributed by atoms with E-state index in [2.05, 4.69) is 4.98 Å². The maximum absolute atomic E-state index is 12.3. The molecule has 0 aliphatic rings. The molecule has 0 amide bonds. The Labute approximate surface area is 78.6 Å². The van der Waals surface area contributed by atoms with Crippen LogP contribution >= 0.6 is 0 Å². The fraction of sp³-hybridized carbons (Fsp3) is 0.250. The van der Waals surface area contributed by atoms with Crippen molar-refractivity contribution in [3.63, 3.8) is 0 Å². The van der Waals surface area contributed by atoms with E-state index in [1.807, 2.05) is 0 Å². The van der Waals surface area contributed by atoms with E-state index < -0.39 is 18.7 Å². The van der Waals surface area contributed by atoms with Crippen molar-refractivity contribution < 1.29 is 13.9 Å². The number of nitriles is 1. The summed E-state index contributed by atoms with van der Waals surface area (Å²) in [4.78, 5) is 3.36. The fourth-order valence-corrected chi connectivity index (χ4v) is 0.979. The Morgan fingerprint density at radius 2 is 2.29 bits per heavy atom. The van der Waals surface area contributed by atoms with Gasteiger partial charge in [0.1, 0.15) is 17.5 Å². The number of nitrogens with two attached hydrogens (primary N) is 1. The monoisotopic (exact) mass is 199 g/mol. The molecule has 14 heavy (non-hydrogen) atoms. The highest BCUT2D eigenvalue weighted by molar-refractivity contribution is 5.49. The highest BCUT2D eigenvalue weighted by atomic mass is 19.3. The van der Waals surface area contributed by atoms with Crippen molar-refractivity contribution in [3.8, 4) is 6.07 Å². The van der Waals surface area contributed by atoms with Gasteiger partial charge in [-0.1, -0.05) is 0 Å². The van der Waals surface area contributed by atoms with Crippen molar-refractivity contribution in [1.82, 2.24) is 4.98 Å². The Morgan fingerprint density at radius 1 is 1.64 bits per heavy atom. The minimum absolute atomic E-state index is 0.148. The van der Waals surface area contributed by atoms with Gasteiger partial charge in [0.2, 0.25) is 0 Å². The molecule has 0 unspecified atom stereocenters. The Morgan fingerprint density at radius 3 is 2.71 bits per heavy atom. The third-order valence-corrected chi connectivity index (χ3v) is 1.64. The van der Waals surface area contributed by atoms with E-state index in [4.69, 9.17) is 16.1 Å². The molecule has 0 aliphatic heterocycles. The molecule has 1 aromatic rings. The van der Waals surface area contributed by atoms with E-state index in [1.54, 1.807) is 6.07 Å². The van der Waals surface area contributed by atoms with E-state index in [0.717, 1.165) is 6.07 Å². The number of nitrogens with zero attached hydrogens (tertiary/aromatic N) is 2. The molecule has 1 rings (SSSR count). The van der Waals surface area contributed by atoms with Crippen LogP contribution in [0.1, 0.15) is 23.4 Å². The van der Waals surface area contributed by atoms with Gasteiger partial charge in [0, 0.05) is 5.56 Å². The van der Waals surface area contributed by atoms with Crippen molar-refractivity contribution in [3.05, 3.63) is 23.0 Å². The van der Waals surface area contributed by atoms with E-state index >= 15 is 0 Å². The number of halogens is 2. The van der Waals surface area contributed by atoms with E-state index in [0.29, 0.717) is 0 Å². The quantitative estimate of drug-likeness (QED) is 0.743. The van der Waals surface area contributed by atoms with Crippen molar-refractivity contribution >= 4 is 5.69 Å². The number of alkyl halides is 2. The zero-order chi connectivity index (χ0) is 10.7. The third-order valence-electron chi connectivity index (χ3n) is 1.64. The number of nitrogen functional groups attached to an aromatic ring is 1. The Balaban J connectivity index is 3.32. The van der Waals surface area contributed by atoms with Crippen molar-refractivity contribution in [2.45, 2.75) is 13.0 Å². The standard InChI is InChI=1S/C8H7F2N3O/c9-8(10)7-5(12)1-4(3-14)6(2-11)13-7/h1,8,14H,3,12H2. The lowest BCUT2D eigenvalue weighted by atomic mass is 10.1. The number of hydrogen-bond acceptors (Lipinski definition) is 4. The second-order valence-corrected chi connectivity index (χ2v) is 2.54. The largest absolute Gasteiger partial charge is 0.397 e. The summed E-state index contributed by atoms with van der Waals surface area (Å²) in [5, 5.41) is 17.3. The molecule has 0 fully saturated rings. The van der Waals surface area contributed by atoms with E-state index in [1.165, 1.54) is 0 Å². The molecule has 0 saturated heterocycles. The van der Waals surface area contributed by atoms with Gasteiger partial charge in [0.25, 0.3) is 6.43 Å². The number of aromatic nitrogens is 1. The van der Waals surface area contributed by atoms with Gasteiger partial charge < -0.3 is 10.8 Å². The minimum Gasteiger partial charge on any atom is -0.397 e. The van der Waals surface area contributed by atoms with Crippen LogP contribution in [0.2, 0.25) is 0 Å². The van der Waals surface area contributed by atoms with Gasteiger partial charge in [-0.15, -0.1) is 0 Å². The maximum atomic E-state index is 12.3. The van der Waals surface area contributed by atoms with Gasteiger partial charge >= 0.3 is 0 Å². The lowest BCUT2D eigenvalue weighted by Crippen LogP contribution is -2.04. The molecule has 74 valence electrons. The molecule has 0 radical (unpaired) electrons. The molecular weight excluding hydrogens is 192 g/mol. The summed E-state index contributed by atoms with van der Waals surface area (Å²) in [6.07, 6.45) is -2.82. The summed E-state index contributed by atoms with van der Waals surface area (Å²) < 4.78 is 24.5. The Hall–Kier alpha value is -1.74. The number of rotatable bonds is 2. The van der Waals surface area contributed by atoms with E-state index in [9.17, 15) is 8.78 Å². The highest BCUT2D eigenvalue weighted by Gasteiger charge is 2.16. The second-order valence-electron chi connectivity index (χ2n) is 2.54. The molecular formula is C8H7F2N3O. The molecule has 0 saturated carbocycles. The zero-order valence-electron chi connectivity index (χ0n) is 7.04. The first kappa shape index (κ1) is 10.3. The molecule has 0 aromatic carbocycles. The molecule has 6 heteroatoms. The Bertz CT molecular complexity index is 387. The molecule has 0 spiro atoms. The number of aliphatic hydroxyl groups excluding tert-OH is 1. The first-order chi connectivity index (χ1) is 6.60. The van der Waals surface area contributed by atoms with Gasteiger partial charge in [-0.3, -0.25) is 0 Å². The predicted molar refractivity (Wildman–Crippen MR) is 44.2 cm³/mol. The molecule has 0 aliphatic carbocycles. The second kappa shape index (κ2) is 3.98. The van der Waals surface area contributed by atoms with Gasteiger partial charge in [0.05, 0.1) is 12.3 Å². The van der Waals surface area contributed by atoms with Crippen LogP contribution in [0.15, 0.2) is 6.07 Å². The summed E-state index contributed by atoms with van der Waals surface area (Å²) in [5.41, 5.74) is 4.34. The summed E-state index contributed by atoms with van der Waals surface area (Å²) >= 11 is 0. The van der Waals surface area contributed by atoms with Crippen molar-refractivity contribution in [2.24, 2.45) is 0 Å². The lowest BCUT2D eigenvalue weighted by molar-refractivity contribution is 0.147. The number of hydrogen-bond donors (Lipinski definition) is 2.